The van der Waals surface area contributed by atoms with Crippen molar-refractivity contribution in [3.05, 3.63) is 58.6 Å². The number of carbonyl (C=O) groups is 3. The molecule has 0 atom stereocenters. The Hall–Kier alpha value is -3.32. The lowest BCUT2D eigenvalue weighted by Crippen LogP contribution is -2.54. The van der Waals surface area contributed by atoms with Crippen molar-refractivity contribution in [3.63, 3.8) is 0 Å². The number of urea groups is 1. The summed E-state index contributed by atoms with van der Waals surface area (Å²) in [5.41, 5.74) is 0.555. The Labute approximate surface area is 179 Å². The van der Waals surface area contributed by atoms with Crippen LogP contribution in [0.4, 0.5) is 10.5 Å². The van der Waals surface area contributed by atoms with Crippen molar-refractivity contribution in [1.82, 2.24) is 5.32 Å². The predicted octanol–water partition coefficient (Wildman–Crippen LogP) is 4.19. The van der Waals surface area contributed by atoms with Gasteiger partial charge in [0.2, 0.25) is 0 Å². The maximum atomic E-state index is 13.1. The van der Waals surface area contributed by atoms with E-state index >= 15 is 0 Å². The third kappa shape index (κ3) is 4.63. The molecular weight excluding hydrogens is 408 g/mol. The zero-order valence-electron chi connectivity index (χ0n) is 16.8. The molecule has 156 valence electrons. The second-order valence-electron chi connectivity index (χ2n) is 6.73. The summed E-state index contributed by atoms with van der Waals surface area (Å²) >= 11 is 6.09. The Morgan fingerprint density at radius 1 is 1.10 bits per heavy atom. The summed E-state index contributed by atoms with van der Waals surface area (Å²) in [6.07, 6.45) is 1.25. The van der Waals surface area contributed by atoms with E-state index in [0.717, 1.165) is 4.90 Å². The number of rotatable bonds is 6. The van der Waals surface area contributed by atoms with Crippen molar-refractivity contribution in [2.24, 2.45) is 0 Å². The fourth-order valence-corrected chi connectivity index (χ4v) is 3.08. The fraction of sp³-hybridized carbons (Fsp3) is 0.227. The molecule has 0 saturated carbocycles. The highest BCUT2D eigenvalue weighted by Gasteiger charge is 2.37. The Morgan fingerprint density at radius 2 is 1.80 bits per heavy atom. The van der Waals surface area contributed by atoms with Gasteiger partial charge in [0.15, 0.2) is 0 Å². The third-order valence-electron chi connectivity index (χ3n) is 4.14. The quantitative estimate of drug-likeness (QED) is 0.550. The van der Waals surface area contributed by atoms with Crippen LogP contribution in [0.2, 0.25) is 5.02 Å². The first-order chi connectivity index (χ1) is 14.3. The lowest BCUT2D eigenvalue weighted by atomic mass is 10.1. The molecule has 0 bridgehead atoms. The number of barbiturate groups is 1. The van der Waals surface area contributed by atoms with Gasteiger partial charge in [-0.3, -0.25) is 14.9 Å². The van der Waals surface area contributed by atoms with E-state index in [4.69, 9.17) is 21.1 Å². The number of hydrogen-bond donors (Lipinski definition) is 1. The van der Waals surface area contributed by atoms with Crippen LogP contribution in [0.5, 0.6) is 11.5 Å². The molecule has 1 fully saturated rings. The SMILES string of the molecule is CCOc1ccc(N2C(=O)NC(=O)/C(=C\c3cc(Cl)ccc3OC(C)C)C2=O)cc1. The number of imide groups is 2. The lowest BCUT2D eigenvalue weighted by molar-refractivity contribution is -0.122. The number of halogens is 1. The molecule has 0 aromatic heterocycles. The molecule has 1 N–H and O–H groups in total. The second kappa shape index (κ2) is 9.00. The minimum absolute atomic E-state index is 0.124. The van der Waals surface area contributed by atoms with E-state index in [1.165, 1.54) is 6.08 Å². The molecule has 30 heavy (non-hydrogen) atoms. The van der Waals surface area contributed by atoms with E-state index in [-0.39, 0.29) is 11.7 Å². The van der Waals surface area contributed by atoms with Crippen molar-refractivity contribution in [3.8, 4) is 11.5 Å². The fourth-order valence-electron chi connectivity index (χ4n) is 2.90. The average Bonchev–Trinajstić information content (AvgIpc) is 2.68. The molecular formula is C22H21ClN2O5. The van der Waals surface area contributed by atoms with E-state index in [0.29, 0.717) is 34.4 Å². The van der Waals surface area contributed by atoms with Crippen LogP contribution in [0.25, 0.3) is 6.08 Å². The number of anilines is 1. The summed E-state index contributed by atoms with van der Waals surface area (Å²) in [5, 5.41) is 2.61. The van der Waals surface area contributed by atoms with Gasteiger partial charge < -0.3 is 9.47 Å². The van der Waals surface area contributed by atoms with Gasteiger partial charge in [0.25, 0.3) is 11.8 Å². The Kier molecular flexibility index (Phi) is 6.42. The molecule has 1 heterocycles. The average molecular weight is 429 g/mol. The van der Waals surface area contributed by atoms with Gasteiger partial charge in [-0.2, -0.15) is 0 Å². The summed E-state index contributed by atoms with van der Waals surface area (Å²) in [6, 6.07) is 10.5. The van der Waals surface area contributed by atoms with Crippen LogP contribution >= 0.6 is 11.6 Å². The number of benzene rings is 2. The third-order valence-corrected chi connectivity index (χ3v) is 4.38. The van der Waals surface area contributed by atoms with E-state index in [1.807, 2.05) is 20.8 Å². The topological polar surface area (TPSA) is 84.9 Å². The monoisotopic (exact) mass is 428 g/mol. The van der Waals surface area contributed by atoms with Crippen molar-refractivity contribution in [1.29, 1.82) is 0 Å². The molecule has 1 saturated heterocycles. The minimum atomic E-state index is -0.823. The number of carbonyl (C=O) groups excluding carboxylic acids is 3. The van der Waals surface area contributed by atoms with Crippen LogP contribution in [0.1, 0.15) is 26.3 Å². The smallest absolute Gasteiger partial charge is 0.335 e. The van der Waals surface area contributed by atoms with Gasteiger partial charge in [0.05, 0.1) is 18.4 Å². The van der Waals surface area contributed by atoms with E-state index in [2.05, 4.69) is 5.32 Å². The van der Waals surface area contributed by atoms with Gasteiger partial charge in [0, 0.05) is 10.6 Å². The van der Waals surface area contributed by atoms with Gasteiger partial charge in [0.1, 0.15) is 17.1 Å². The summed E-state index contributed by atoms with van der Waals surface area (Å²) in [7, 11) is 0. The first-order valence-corrected chi connectivity index (χ1v) is 9.78. The normalized spacial score (nSPS) is 15.6. The molecule has 0 spiro atoms. The van der Waals surface area contributed by atoms with Crippen molar-refractivity contribution in [2.45, 2.75) is 26.9 Å². The Morgan fingerprint density at radius 3 is 2.43 bits per heavy atom. The molecule has 1 aliphatic rings. The number of nitrogens with one attached hydrogen (secondary N) is 1. The van der Waals surface area contributed by atoms with Crippen molar-refractivity contribution >= 4 is 41.2 Å². The highest BCUT2D eigenvalue weighted by molar-refractivity contribution is 6.39. The number of amides is 4. The van der Waals surface area contributed by atoms with Crippen LogP contribution in [0.3, 0.4) is 0 Å². The summed E-state index contributed by atoms with van der Waals surface area (Å²) < 4.78 is 11.1. The van der Waals surface area contributed by atoms with Crippen molar-refractivity contribution in [2.75, 3.05) is 11.5 Å². The van der Waals surface area contributed by atoms with Gasteiger partial charge >= 0.3 is 6.03 Å². The molecule has 3 rings (SSSR count). The molecule has 7 nitrogen and oxygen atoms in total. The van der Waals surface area contributed by atoms with Gasteiger partial charge in [-0.25, -0.2) is 9.69 Å². The predicted molar refractivity (Wildman–Crippen MR) is 114 cm³/mol. The molecule has 8 heteroatoms. The molecule has 2 aromatic carbocycles. The van der Waals surface area contributed by atoms with Crippen LogP contribution < -0.4 is 19.7 Å². The van der Waals surface area contributed by atoms with Crippen LogP contribution in [0, 0.1) is 0 Å². The van der Waals surface area contributed by atoms with E-state index in [1.54, 1.807) is 42.5 Å². The summed E-state index contributed by atoms with van der Waals surface area (Å²) in [6.45, 7) is 6.06. The molecule has 0 radical (unpaired) electrons. The van der Waals surface area contributed by atoms with E-state index in [9.17, 15) is 14.4 Å². The van der Waals surface area contributed by atoms with E-state index < -0.39 is 17.8 Å². The molecule has 4 amide bonds. The highest BCUT2D eigenvalue weighted by atomic mass is 35.5. The number of nitrogens with zero attached hydrogens (tertiary/aromatic N) is 1. The maximum absolute atomic E-state index is 13.1. The van der Waals surface area contributed by atoms with Crippen molar-refractivity contribution < 1.29 is 23.9 Å². The summed E-state index contributed by atoms with van der Waals surface area (Å²) in [4.78, 5) is 38.7. The van der Waals surface area contributed by atoms with Gasteiger partial charge in [-0.05, 0) is 69.3 Å². The molecule has 0 unspecified atom stereocenters. The van der Waals surface area contributed by atoms with Crippen LogP contribution in [-0.4, -0.2) is 30.6 Å². The first-order valence-electron chi connectivity index (χ1n) is 9.40. The minimum Gasteiger partial charge on any atom is -0.494 e. The Balaban J connectivity index is 1.99. The first kappa shape index (κ1) is 21.4. The largest absolute Gasteiger partial charge is 0.494 e. The zero-order valence-corrected chi connectivity index (χ0v) is 17.5. The Bertz CT molecular complexity index is 1010. The number of ether oxygens (including phenoxy) is 2. The summed E-state index contributed by atoms with van der Waals surface area (Å²) in [5.74, 6) is -0.467. The van der Waals surface area contributed by atoms with Crippen LogP contribution in [-0.2, 0) is 9.59 Å². The van der Waals surface area contributed by atoms with Gasteiger partial charge in [-0.15, -0.1) is 0 Å². The highest BCUT2D eigenvalue weighted by Crippen LogP contribution is 2.29. The second-order valence-corrected chi connectivity index (χ2v) is 7.17. The lowest BCUT2D eigenvalue weighted by Gasteiger charge is -2.26. The number of hydrogen-bond acceptors (Lipinski definition) is 5. The maximum Gasteiger partial charge on any atom is 0.335 e. The molecule has 2 aromatic rings. The van der Waals surface area contributed by atoms with Crippen LogP contribution in [0.15, 0.2) is 48.0 Å². The standard InChI is InChI=1S/C22H21ClN2O5/c1-4-29-17-8-6-16(7-9-17)25-21(27)18(20(26)24-22(25)28)12-14-11-15(23)5-10-19(14)30-13(2)3/h5-13H,4H2,1-3H3,(H,24,26,28)/b18-12+. The molecule has 0 aliphatic carbocycles. The molecule has 1 aliphatic heterocycles. The zero-order chi connectivity index (χ0) is 21.8. The van der Waals surface area contributed by atoms with Gasteiger partial charge in [-0.1, -0.05) is 11.6 Å².